The molecule has 0 saturated carbocycles. The molecule has 0 atom stereocenters. The lowest BCUT2D eigenvalue weighted by atomic mass is 10.1. The van der Waals surface area contributed by atoms with Crippen LogP contribution >= 0.6 is 0 Å². The molecule has 0 saturated heterocycles. The van der Waals surface area contributed by atoms with E-state index in [9.17, 15) is 5.11 Å². The Balaban J connectivity index is 2.21. The second-order valence-corrected chi connectivity index (χ2v) is 6.37. The molecule has 3 rings (SSSR count). The summed E-state index contributed by atoms with van der Waals surface area (Å²) in [5, 5.41) is 10.1. The summed E-state index contributed by atoms with van der Waals surface area (Å²) in [4.78, 5) is 8.96. The number of aryl methyl sites for hydroxylation is 2. The Bertz CT molecular complexity index is 639. The van der Waals surface area contributed by atoms with Crippen molar-refractivity contribution in [3.05, 3.63) is 17.6 Å². The predicted octanol–water partition coefficient (Wildman–Crippen LogP) is 2.05. The van der Waals surface area contributed by atoms with Crippen molar-refractivity contribution in [1.29, 1.82) is 0 Å². The fourth-order valence-corrected chi connectivity index (χ4v) is 3.07. The van der Waals surface area contributed by atoms with Gasteiger partial charge in [0.1, 0.15) is 5.52 Å². The van der Waals surface area contributed by atoms with E-state index in [4.69, 9.17) is 5.73 Å². The van der Waals surface area contributed by atoms with Gasteiger partial charge in [0.05, 0.1) is 24.0 Å². The second-order valence-electron chi connectivity index (χ2n) is 6.37. The first-order valence-electron chi connectivity index (χ1n) is 7.30. The van der Waals surface area contributed by atoms with Crippen LogP contribution in [-0.4, -0.2) is 25.2 Å². The average molecular weight is 274 g/mol. The van der Waals surface area contributed by atoms with Gasteiger partial charge in [-0.2, -0.15) is 0 Å². The van der Waals surface area contributed by atoms with E-state index in [-0.39, 0.29) is 0 Å². The van der Waals surface area contributed by atoms with Crippen molar-refractivity contribution >= 4 is 16.9 Å². The molecule has 108 valence electrons. The van der Waals surface area contributed by atoms with Gasteiger partial charge in [-0.3, -0.25) is 0 Å². The number of aliphatic hydroxyl groups is 1. The fraction of sp³-hybridized carbons (Fsp3) is 0.600. The Kier molecular flexibility index (Phi) is 3.17. The van der Waals surface area contributed by atoms with Crippen LogP contribution in [0.15, 0.2) is 6.33 Å². The van der Waals surface area contributed by atoms with Crippen LogP contribution in [0.5, 0.6) is 0 Å². The molecule has 20 heavy (non-hydrogen) atoms. The third-order valence-corrected chi connectivity index (χ3v) is 3.87. The highest BCUT2D eigenvalue weighted by Gasteiger charge is 2.21. The Morgan fingerprint density at radius 2 is 2.05 bits per heavy atom. The molecule has 0 unspecified atom stereocenters. The molecule has 0 fully saturated rings. The molecule has 5 heteroatoms. The molecule has 2 aromatic rings. The third-order valence-electron chi connectivity index (χ3n) is 3.87. The highest BCUT2D eigenvalue weighted by Crippen LogP contribution is 2.30. The van der Waals surface area contributed by atoms with Crippen molar-refractivity contribution in [3.8, 4) is 0 Å². The van der Waals surface area contributed by atoms with Crippen molar-refractivity contribution in [1.82, 2.24) is 14.5 Å². The monoisotopic (exact) mass is 274 g/mol. The molecular formula is C15H22N4O. The Morgan fingerprint density at radius 3 is 2.80 bits per heavy atom. The van der Waals surface area contributed by atoms with Gasteiger partial charge in [-0.05, 0) is 45.1 Å². The molecular weight excluding hydrogens is 252 g/mol. The number of imidazole rings is 1. The average Bonchev–Trinajstić information content (AvgIpc) is 2.61. The molecule has 3 N–H and O–H groups in total. The van der Waals surface area contributed by atoms with Gasteiger partial charge in [0.25, 0.3) is 0 Å². The first-order chi connectivity index (χ1) is 9.46. The zero-order chi connectivity index (χ0) is 14.3. The second kappa shape index (κ2) is 4.74. The topological polar surface area (TPSA) is 77.0 Å². The van der Waals surface area contributed by atoms with E-state index in [0.29, 0.717) is 12.4 Å². The summed E-state index contributed by atoms with van der Waals surface area (Å²) >= 11 is 0. The number of hydrogen-bond donors (Lipinski definition) is 2. The minimum Gasteiger partial charge on any atom is -0.389 e. The van der Waals surface area contributed by atoms with Gasteiger partial charge in [-0.1, -0.05) is 6.42 Å². The lowest BCUT2D eigenvalue weighted by Gasteiger charge is -2.19. The van der Waals surface area contributed by atoms with Gasteiger partial charge < -0.3 is 15.4 Å². The van der Waals surface area contributed by atoms with E-state index in [1.807, 2.05) is 18.4 Å². The third kappa shape index (κ3) is 2.38. The minimum atomic E-state index is -0.775. The van der Waals surface area contributed by atoms with Crippen molar-refractivity contribution in [2.24, 2.45) is 0 Å². The number of rotatable bonds is 2. The van der Waals surface area contributed by atoms with E-state index in [0.717, 1.165) is 29.6 Å². The van der Waals surface area contributed by atoms with Gasteiger partial charge in [0.15, 0.2) is 5.82 Å². The van der Waals surface area contributed by atoms with E-state index in [2.05, 4.69) is 9.97 Å². The van der Waals surface area contributed by atoms with E-state index < -0.39 is 5.60 Å². The quantitative estimate of drug-likeness (QED) is 0.822. The lowest BCUT2D eigenvalue weighted by Crippen LogP contribution is -2.26. The summed E-state index contributed by atoms with van der Waals surface area (Å²) in [6.45, 7) is 4.13. The Hall–Kier alpha value is -1.62. The SMILES string of the molecule is CC(C)(O)Cn1cnc2c(N)nc3c(c21)CCCCC3. The highest BCUT2D eigenvalue weighted by molar-refractivity contribution is 5.88. The molecule has 0 amide bonds. The van der Waals surface area contributed by atoms with Crippen LogP contribution in [0.4, 0.5) is 5.82 Å². The van der Waals surface area contributed by atoms with Crippen molar-refractivity contribution in [2.75, 3.05) is 5.73 Å². The van der Waals surface area contributed by atoms with Crippen molar-refractivity contribution < 1.29 is 5.11 Å². The predicted molar refractivity (Wildman–Crippen MR) is 79.5 cm³/mol. The van der Waals surface area contributed by atoms with Crippen LogP contribution in [0.2, 0.25) is 0 Å². The van der Waals surface area contributed by atoms with Crippen LogP contribution in [-0.2, 0) is 19.4 Å². The number of pyridine rings is 1. The smallest absolute Gasteiger partial charge is 0.151 e. The molecule has 0 radical (unpaired) electrons. The lowest BCUT2D eigenvalue weighted by molar-refractivity contribution is 0.0626. The zero-order valence-corrected chi connectivity index (χ0v) is 12.2. The van der Waals surface area contributed by atoms with Crippen LogP contribution < -0.4 is 5.73 Å². The fourth-order valence-electron chi connectivity index (χ4n) is 3.07. The summed E-state index contributed by atoms with van der Waals surface area (Å²) in [6.07, 6.45) is 7.37. The number of anilines is 1. The van der Waals surface area contributed by atoms with Gasteiger partial charge >= 0.3 is 0 Å². The van der Waals surface area contributed by atoms with Crippen LogP contribution in [0.3, 0.4) is 0 Å². The molecule has 2 aromatic heterocycles. The molecule has 1 aliphatic carbocycles. The zero-order valence-electron chi connectivity index (χ0n) is 12.2. The summed E-state index contributed by atoms with van der Waals surface area (Å²) in [6, 6.07) is 0. The van der Waals surface area contributed by atoms with E-state index >= 15 is 0 Å². The first kappa shape index (κ1) is 13.4. The van der Waals surface area contributed by atoms with Gasteiger partial charge in [-0.15, -0.1) is 0 Å². The highest BCUT2D eigenvalue weighted by atomic mass is 16.3. The molecule has 0 aliphatic heterocycles. The van der Waals surface area contributed by atoms with Crippen LogP contribution in [0.1, 0.15) is 44.4 Å². The van der Waals surface area contributed by atoms with Gasteiger partial charge in [-0.25, -0.2) is 9.97 Å². The molecule has 0 aromatic carbocycles. The number of nitrogens with zero attached hydrogens (tertiary/aromatic N) is 3. The molecule has 2 heterocycles. The van der Waals surface area contributed by atoms with Gasteiger partial charge in [0.2, 0.25) is 0 Å². The largest absolute Gasteiger partial charge is 0.389 e. The van der Waals surface area contributed by atoms with Crippen LogP contribution in [0, 0.1) is 0 Å². The van der Waals surface area contributed by atoms with Crippen LogP contribution in [0.25, 0.3) is 11.0 Å². The normalized spacial score (nSPS) is 16.1. The number of nitrogens with two attached hydrogens (primary N) is 1. The maximum absolute atomic E-state index is 10.1. The minimum absolute atomic E-state index is 0.509. The standard InChI is InChI=1S/C15H22N4O/c1-15(2,20)8-19-9-17-12-13(19)10-6-4-3-5-7-11(10)18-14(12)16/h9,20H,3-8H2,1-2H3,(H2,16,18). The summed E-state index contributed by atoms with van der Waals surface area (Å²) in [5.74, 6) is 0.509. The molecule has 0 bridgehead atoms. The summed E-state index contributed by atoms with van der Waals surface area (Å²) < 4.78 is 2.03. The number of nitrogen functional groups attached to an aromatic ring is 1. The molecule has 0 spiro atoms. The summed E-state index contributed by atoms with van der Waals surface area (Å²) in [5.41, 5.74) is 9.51. The number of hydrogen-bond acceptors (Lipinski definition) is 4. The number of aromatic nitrogens is 3. The number of fused-ring (bicyclic) bond motifs is 3. The van der Waals surface area contributed by atoms with Gasteiger partial charge in [0, 0.05) is 5.69 Å². The summed E-state index contributed by atoms with van der Waals surface area (Å²) in [7, 11) is 0. The van der Waals surface area contributed by atoms with Crippen molar-refractivity contribution in [3.63, 3.8) is 0 Å². The Morgan fingerprint density at radius 1 is 1.30 bits per heavy atom. The maximum atomic E-state index is 10.1. The van der Waals surface area contributed by atoms with E-state index in [1.54, 1.807) is 6.33 Å². The Labute approximate surface area is 118 Å². The molecule has 1 aliphatic rings. The van der Waals surface area contributed by atoms with E-state index in [1.165, 1.54) is 24.8 Å². The molecule has 5 nitrogen and oxygen atoms in total. The van der Waals surface area contributed by atoms with Crippen molar-refractivity contribution in [2.45, 2.75) is 58.1 Å². The maximum Gasteiger partial charge on any atom is 0.151 e. The first-order valence-corrected chi connectivity index (χ1v) is 7.30.